The number of ether oxygens (including phenoxy) is 1. The fraction of sp³-hybridized carbons (Fsp3) is 0.647. The van der Waals surface area contributed by atoms with E-state index in [-0.39, 0.29) is 35.8 Å². The third kappa shape index (κ3) is 8.18. The second-order valence-electron chi connectivity index (χ2n) is 6.02. The minimum Gasteiger partial charge on any atom is -0.490 e. The van der Waals surface area contributed by atoms with E-state index >= 15 is 0 Å². The van der Waals surface area contributed by atoms with Crippen LogP contribution in [0.5, 0.6) is 5.75 Å². The molecule has 27 heavy (non-hydrogen) atoms. The zero-order chi connectivity index (χ0) is 18.8. The zero-order valence-electron chi connectivity index (χ0n) is 15.9. The lowest BCUT2D eigenvalue weighted by atomic mass is 10.1. The van der Waals surface area contributed by atoms with Crippen molar-refractivity contribution < 1.29 is 13.2 Å². The number of sulfonamides is 1. The highest BCUT2D eigenvalue weighted by atomic mass is 127. The molecule has 1 aromatic rings. The Kier molecular flexibility index (Phi) is 10.9. The Balaban J connectivity index is 0.00000364. The fourth-order valence-corrected chi connectivity index (χ4v) is 3.86. The topological polar surface area (TPSA) is 95.9 Å². The van der Waals surface area contributed by atoms with Gasteiger partial charge in [-0.3, -0.25) is 4.98 Å². The molecule has 0 amide bonds. The molecule has 1 aliphatic rings. The predicted octanol–water partition coefficient (Wildman–Crippen LogP) is 1.45. The molecule has 0 unspecified atom stereocenters. The van der Waals surface area contributed by atoms with Crippen molar-refractivity contribution in [2.45, 2.75) is 32.7 Å². The van der Waals surface area contributed by atoms with Gasteiger partial charge in [0.2, 0.25) is 10.0 Å². The number of hydrogen-bond acceptors (Lipinski definition) is 5. The van der Waals surface area contributed by atoms with Crippen molar-refractivity contribution in [3.05, 3.63) is 24.5 Å². The van der Waals surface area contributed by atoms with Crippen molar-refractivity contribution in [3.63, 3.8) is 0 Å². The Morgan fingerprint density at radius 1 is 1.37 bits per heavy atom. The standard InChI is InChI=1S/C17H29N5O3S.HI/c1-3-19-17(20-10-13-25-16-6-5-9-18-14-16)21-15-7-11-22(12-8-15)26(23,24)4-2;/h5-6,9,14-15H,3-4,7-8,10-13H2,1-2H3,(H2,19,20,21);1H. The maximum Gasteiger partial charge on any atom is 0.213 e. The van der Waals surface area contributed by atoms with E-state index in [9.17, 15) is 8.42 Å². The van der Waals surface area contributed by atoms with Gasteiger partial charge in [0.1, 0.15) is 12.4 Å². The zero-order valence-corrected chi connectivity index (χ0v) is 19.1. The van der Waals surface area contributed by atoms with E-state index in [0.717, 1.165) is 31.1 Å². The van der Waals surface area contributed by atoms with Crippen LogP contribution in [0.3, 0.4) is 0 Å². The normalized spacial score (nSPS) is 16.4. The van der Waals surface area contributed by atoms with E-state index in [1.807, 2.05) is 19.1 Å². The minimum absolute atomic E-state index is 0. The van der Waals surface area contributed by atoms with Gasteiger partial charge < -0.3 is 15.4 Å². The lowest BCUT2D eigenvalue weighted by molar-refractivity contribution is 0.305. The van der Waals surface area contributed by atoms with Gasteiger partial charge in [0, 0.05) is 31.9 Å². The largest absolute Gasteiger partial charge is 0.490 e. The smallest absolute Gasteiger partial charge is 0.213 e. The highest BCUT2D eigenvalue weighted by Gasteiger charge is 2.26. The lowest BCUT2D eigenvalue weighted by Crippen LogP contribution is -2.50. The van der Waals surface area contributed by atoms with Crippen molar-refractivity contribution in [1.82, 2.24) is 19.9 Å². The van der Waals surface area contributed by atoms with Crippen LogP contribution >= 0.6 is 24.0 Å². The molecule has 0 aromatic carbocycles. The van der Waals surface area contributed by atoms with Gasteiger partial charge in [-0.05, 0) is 38.8 Å². The molecule has 1 aliphatic heterocycles. The maximum absolute atomic E-state index is 11.9. The molecule has 0 atom stereocenters. The van der Waals surface area contributed by atoms with E-state index in [1.165, 1.54) is 0 Å². The summed E-state index contributed by atoms with van der Waals surface area (Å²) in [6.45, 7) is 6.55. The number of pyridine rings is 1. The van der Waals surface area contributed by atoms with Crippen molar-refractivity contribution in [3.8, 4) is 5.75 Å². The first-order chi connectivity index (χ1) is 12.5. The van der Waals surface area contributed by atoms with E-state index < -0.39 is 10.0 Å². The number of aliphatic imine (C=N–C) groups is 1. The first kappa shape index (κ1) is 23.9. The van der Waals surface area contributed by atoms with Crippen molar-refractivity contribution >= 4 is 40.0 Å². The number of hydrogen-bond donors (Lipinski definition) is 2. The Morgan fingerprint density at radius 3 is 2.70 bits per heavy atom. The van der Waals surface area contributed by atoms with Crippen LogP contribution < -0.4 is 15.4 Å². The summed E-state index contributed by atoms with van der Waals surface area (Å²) >= 11 is 0. The number of piperidine rings is 1. The highest BCUT2D eigenvalue weighted by Crippen LogP contribution is 2.14. The number of nitrogens with zero attached hydrogens (tertiary/aromatic N) is 3. The summed E-state index contributed by atoms with van der Waals surface area (Å²) in [5, 5.41) is 6.62. The molecule has 2 rings (SSSR count). The van der Waals surface area contributed by atoms with Gasteiger partial charge in [-0.2, -0.15) is 0 Å². The second kappa shape index (κ2) is 12.3. The number of rotatable bonds is 8. The summed E-state index contributed by atoms with van der Waals surface area (Å²) in [7, 11) is -3.09. The second-order valence-corrected chi connectivity index (χ2v) is 8.27. The molecule has 0 bridgehead atoms. The molecule has 2 heterocycles. The fourth-order valence-electron chi connectivity index (χ4n) is 2.73. The van der Waals surface area contributed by atoms with Crippen LogP contribution in [-0.4, -0.2) is 68.2 Å². The molecule has 8 nitrogen and oxygen atoms in total. The molecule has 0 saturated carbocycles. The average Bonchev–Trinajstić information content (AvgIpc) is 2.66. The monoisotopic (exact) mass is 511 g/mol. The van der Waals surface area contributed by atoms with Gasteiger partial charge in [-0.15, -0.1) is 24.0 Å². The van der Waals surface area contributed by atoms with Gasteiger partial charge in [0.05, 0.1) is 18.5 Å². The third-order valence-corrected chi connectivity index (χ3v) is 6.04. The summed E-state index contributed by atoms with van der Waals surface area (Å²) in [4.78, 5) is 8.53. The highest BCUT2D eigenvalue weighted by molar-refractivity contribution is 14.0. The molecule has 1 saturated heterocycles. The summed E-state index contributed by atoms with van der Waals surface area (Å²) in [5.74, 6) is 1.62. The van der Waals surface area contributed by atoms with Crippen molar-refractivity contribution in [2.24, 2.45) is 4.99 Å². The summed E-state index contributed by atoms with van der Waals surface area (Å²) in [5.41, 5.74) is 0. The maximum atomic E-state index is 11.9. The Labute approximate surface area is 179 Å². The Hall–Kier alpha value is -1.14. The van der Waals surface area contributed by atoms with Crippen LogP contribution in [0.25, 0.3) is 0 Å². The third-order valence-electron chi connectivity index (χ3n) is 4.16. The van der Waals surface area contributed by atoms with Crippen molar-refractivity contribution in [1.29, 1.82) is 0 Å². The number of halogens is 1. The average molecular weight is 511 g/mol. The van der Waals surface area contributed by atoms with Crippen LogP contribution in [-0.2, 0) is 10.0 Å². The molecule has 1 aromatic heterocycles. The van der Waals surface area contributed by atoms with Crippen LogP contribution in [0, 0.1) is 0 Å². The van der Waals surface area contributed by atoms with Crippen LogP contribution in [0.15, 0.2) is 29.5 Å². The van der Waals surface area contributed by atoms with Gasteiger partial charge in [-0.25, -0.2) is 17.7 Å². The summed E-state index contributed by atoms with van der Waals surface area (Å²) in [6, 6.07) is 3.91. The van der Waals surface area contributed by atoms with Crippen LogP contribution in [0.2, 0.25) is 0 Å². The molecule has 0 aliphatic carbocycles. The van der Waals surface area contributed by atoms with Crippen molar-refractivity contribution in [2.75, 3.05) is 38.5 Å². The SMILES string of the molecule is CCNC(=NCCOc1cccnc1)NC1CCN(S(=O)(=O)CC)CC1.I. The van der Waals surface area contributed by atoms with E-state index in [1.54, 1.807) is 23.6 Å². The molecular formula is C17H30IN5O3S. The molecule has 10 heteroatoms. The number of guanidine groups is 1. The molecular weight excluding hydrogens is 481 g/mol. The molecule has 1 fully saturated rings. The Morgan fingerprint density at radius 2 is 2.11 bits per heavy atom. The number of aromatic nitrogens is 1. The molecule has 154 valence electrons. The van der Waals surface area contributed by atoms with Gasteiger partial charge >= 0.3 is 0 Å². The van der Waals surface area contributed by atoms with Gasteiger partial charge in [0.15, 0.2) is 5.96 Å². The number of nitrogens with one attached hydrogen (secondary N) is 2. The molecule has 2 N–H and O–H groups in total. The molecule has 0 spiro atoms. The first-order valence-electron chi connectivity index (χ1n) is 9.10. The first-order valence-corrected chi connectivity index (χ1v) is 10.7. The van der Waals surface area contributed by atoms with Crippen LogP contribution in [0.1, 0.15) is 26.7 Å². The van der Waals surface area contributed by atoms with Crippen LogP contribution in [0.4, 0.5) is 0 Å². The minimum atomic E-state index is -3.09. The lowest BCUT2D eigenvalue weighted by Gasteiger charge is -2.32. The summed E-state index contributed by atoms with van der Waals surface area (Å²) < 4.78 is 31.0. The van der Waals surface area contributed by atoms with Gasteiger partial charge in [-0.1, -0.05) is 0 Å². The van der Waals surface area contributed by atoms with Gasteiger partial charge in [0.25, 0.3) is 0 Å². The summed E-state index contributed by atoms with van der Waals surface area (Å²) in [6.07, 6.45) is 4.92. The molecule has 0 radical (unpaired) electrons. The predicted molar refractivity (Wildman–Crippen MR) is 118 cm³/mol. The quantitative estimate of drug-likeness (QED) is 0.238. The van der Waals surface area contributed by atoms with E-state index in [0.29, 0.717) is 26.2 Å². The van der Waals surface area contributed by atoms with E-state index in [2.05, 4.69) is 20.6 Å². The van der Waals surface area contributed by atoms with E-state index in [4.69, 9.17) is 4.74 Å². The Bertz CT molecular complexity index is 664.